The number of halogens is 6. The Bertz CT molecular complexity index is 2710. The predicted octanol–water partition coefficient (Wildman–Crippen LogP) is 16.4. The lowest BCUT2D eigenvalue weighted by Gasteiger charge is -2.26. The molecule has 0 radical (unpaired) electrons. The average molecular weight is 843 g/mol. The molecule has 312 valence electrons. The van der Waals surface area contributed by atoms with E-state index in [0.717, 1.165) is 56.4 Å². The zero-order chi connectivity index (χ0) is 43.9. The van der Waals surface area contributed by atoms with Crippen LogP contribution in [0.1, 0.15) is 22.3 Å². The molecule has 0 aliphatic heterocycles. The van der Waals surface area contributed by atoms with Crippen LogP contribution in [-0.2, 0) is 0 Å². The van der Waals surface area contributed by atoms with Gasteiger partial charge in [-0.25, -0.2) is 0 Å². The highest BCUT2D eigenvalue weighted by molar-refractivity contribution is 6.01. The van der Waals surface area contributed by atoms with Crippen molar-refractivity contribution in [3.8, 4) is 22.3 Å². The second-order valence-corrected chi connectivity index (χ2v) is 15.7. The molecule has 0 N–H and O–H groups in total. The molecule has 0 unspecified atom stereocenters. The maximum atomic E-state index is 15.8. The van der Waals surface area contributed by atoms with Crippen LogP contribution in [0.5, 0.6) is 0 Å². The molecule has 8 aromatic carbocycles. The van der Waals surface area contributed by atoms with E-state index in [-0.39, 0.29) is 0 Å². The molecule has 8 heteroatoms. The number of hydrogen-bond acceptors (Lipinski definition) is 2. The summed E-state index contributed by atoms with van der Waals surface area (Å²) in [5.41, 5.74) is 6.73. The van der Waals surface area contributed by atoms with Gasteiger partial charge in [-0.3, -0.25) is 0 Å². The van der Waals surface area contributed by atoms with Crippen molar-refractivity contribution >= 4 is 45.3 Å². The van der Waals surface area contributed by atoms with Crippen molar-refractivity contribution in [1.82, 2.24) is 0 Å². The Morgan fingerprint density at radius 1 is 0.286 bits per heavy atom. The highest BCUT2D eigenvalue weighted by atomic mass is 19.3. The molecule has 0 spiro atoms. The average Bonchev–Trinajstić information content (AvgIpc) is 3.40. The Labute approximate surface area is 362 Å². The number of benzene rings is 8. The molecule has 0 fully saturated rings. The van der Waals surface area contributed by atoms with E-state index in [1.807, 2.05) is 159 Å². The van der Waals surface area contributed by atoms with Gasteiger partial charge in [-0.2, -0.15) is 26.3 Å². The van der Waals surface area contributed by atoms with Crippen molar-refractivity contribution in [1.29, 1.82) is 0 Å². The predicted molar refractivity (Wildman–Crippen MR) is 244 cm³/mol. The second kappa shape index (κ2) is 16.2. The van der Waals surface area contributed by atoms with Crippen LogP contribution in [0.25, 0.3) is 33.4 Å². The molecule has 0 saturated carbocycles. The summed E-state index contributed by atoms with van der Waals surface area (Å²) >= 11 is 0. The van der Waals surface area contributed by atoms with Gasteiger partial charge >= 0.3 is 17.8 Å². The SMILES string of the molecule is Cc1cccc(N(c2ccccc2)c2ccc(-c3ccc(C4=C(c5ccc(-c6ccc(N(c7ccccc7)c7cccc(C)c7)cc6)cc5)C(F)(F)C(F)(F)C4(F)F)cc3)cc2)c1. The third-order valence-electron chi connectivity index (χ3n) is 11.5. The molecule has 0 heterocycles. The monoisotopic (exact) mass is 842 g/mol. The molecule has 0 amide bonds. The van der Waals surface area contributed by atoms with Crippen molar-refractivity contribution in [2.75, 3.05) is 9.80 Å². The largest absolute Gasteiger partial charge is 0.380 e. The highest BCUT2D eigenvalue weighted by Crippen LogP contribution is 2.64. The Balaban J connectivity index is 1.02. The fraction of sp³-hybridized carbons (Fsp3) is 0.0909. The minimum absolute atomic E-state index is 0.418. The van der Waals surface area contributed by atoms with E-state index in [4.69, 9.17) is 0 Å². The summed E-state index contributed by atoms with van der Waals surface area (Å²) in [5, 5.41) is 0. The van der Waals surface area contributed by atoms with Crippen LogP contribution in [-0.4, -0.2) is 17.8 Å². The summed E-state index contributed by atoms with van der Waals surface area (Å²) < 4.78 is 93.6. The van der Waals surface area contributed by atoms with Crippen LogP contribution >= 0.6 is 0 Å². The summed E-state index contributed by atoms with van der Waals surface area (Å²) in [6.45, 7) is 4.04. The molecule has 0 aromatic heterocycles. The molecule has 63 heavy (non-hydrogen) atoms. The van der Waals surface area contributed by atoms with Gasteiger partial charge in [0.25, 0.3) is 0 Å². The van der Waals surface area contributed by atoms with Crippen molar-refractivity contribution < 1.29 is 26.3 Å². The van der Waals surface area contributed by atoms with Gasteiger partial charge in [-0.05, 0) is 131 Å². The quantitative estimate of drug-likeness (QED) is 0.127. The minimum Gasteiger partial charge on any atom is -0.310 e. The van der Waals surface area contributed by atoms with Gasteiger partial charge < -0.3 is 9.80 Å². The first-order chi connectivity index (χ1) is 30.3. The third-order valence-corrected chi connectivity index (χ3v) is 11.5. The van der Waals surface area contributed by atoms with Crippen molar-refractivity contribution in [2.24, 2.45) is 0 Å². The number of anilines is 6. The first-order valence-electron chi connectivity index (χ1n) is 20.5. The Morgan fingerprint density at radius 2 is 0.556 bits per heavy atom. The fourth-order valence-corrected chi connectivity index (χ4v) is 8.32. The standard InChI is InChI=1S/C55H40F6N2/c1-37-11-9-17-49(35-37)62(45-13-5-3-6-14-45)47-31-27-41(28-32-47)39-19-23-43(24-20-39)51-52(54(58,59)55(60,61)53(51,56)57)44-25-21-40(22-26-44)42-29-33-48(34-30-42)63(46-15-7-4-8-16-46)50-18-10-12-38(2)36-50/h3-36H,1-2H3. The second-order valence-electron chi connectivity index (χ2n) is 15.7. The number of alkyl halides is 6. The Morgan fingerprint density at radius 3 is 0.873 bits per heavy atom. The number of aryl methyl sites for hydroxylation is 2. The number of para-hydroxylation sites is 2. The number of rotatable bonds is 10. The van der Waals surface area contributed by atoms with E-state index in [0.29, 0.717) is 11.1 Å². The van der Waals surface area contributed by atoms with Gasteiger partial charge in [0.15, 0.2) is 0 Å². The van der Waals surface area contributed by atoms with E-state index in [2.05, 4.69) is 21.9 Å². The first kappa shape index (κ1) is 41.1. The molecule has 1 aliphatic rings. The van der Waals surface area contributed by atoms with Gasteiger partial charge in [0.1, 0.15) is 0 Å². The summed E-state index contributed by atoms with van der Waals surface area (Å²) in [5.74, 6) is -16.0. The van der Waals surface area contributed by atoms with Crippen LogP contribution < -0.4 is 9.80 Å². The fourth-order valence-electron chi connectivity index (χ4n) is 8.32. The zero-order valence-electron chi connectivity index (χ0n) is 34.3. The molecule has 0 bridgehead atoms. The lowest BCUT2D eigenvalue weighted by atomic mass is 9.92. The summed E-state index contributed by atoms with van der Waals surface area (Å²) in [6, 6.07) is 61.9. The van der Waals surface area contributed by atoms with E-state index in [1.165, 1.54) is 48.5 Å². The van der Waals surface area contributed by atoms with Crippen molar-refractivity contribution in [3.63, 3.8) is 0 Å². The lowest BCUT2D eigenvalue weighted by molar-refractivity contribution is -0.254. The first-order valence-corrected chi connectivity index (χ1v) is 20.5. The molecule has 2 nitrogen and oxygen atoms in total. The minimum atomic E-state index is -5.67. The maximum absolute atomic E-state index is 15.8. The molecule has 8 aromatic rings. The van der Waals surface area contributed by atoms with Crippen molar-refractivity contribution in [3.05, 3.63) is 229 Å². The topological polar surface area (TPSA) is 6.48 Å². The van der Waals surface area contributed by atoms with Crippen LogP contribution in [0.3, 0.4) is 0 Å². The third kappa shape index (κ3) is 7.45. The van der Waals surface area contributed by atoms with Crippen molar-refractivity contribution in [2.45, 2.75) is 31.6 Å². The van der Waals surface area contributed by atoms with E-state index in [1.54, 1.807) is 0 Å². The molecule has 0 atom stereocenters. The van der Waals surface area contributed by atoms with Gasteiger partial charge in [0.2, 0.25) is 0 Å². The van der Waals surface area contributed by atoms with Crippen LogP contribution in [0, 0.1) is 13.8 Å². The summed E-state index contributed by atoms with van der Waals surface area (Å²) in [6.07, 6.45) is 0. The number of hydrogen-bond donors (Lipinski definition) is 0. The van der Waals surface area contributed by atoms with Gasteiger partial charge in [0.05, 0.1) is 0 Å². The summed E-state index contributed by atoms with van der Waals surface area (Å²) in [7, 11) is 0. The molecular weight excluding hydrogens is 803 g/mol. The molecule has 9 rings (SSSR count). The highest BCUT2D eigenvalue weighted by Gasteiger charge is 2.80. The maximum Gasteiger partial charge on any atom is 0.380 e. The smallest absolute Gasteiger partial charge is 0.310 e. The van der Waals surface area contributed by atoms with Gasteiger partial charge in [0, 0.05) is 45.3 Å². The van der Waals surface area contributed by atoms with E-state index < -0.39 is 40.0 Å². The van der Waals surface area contributed by atoms with E-state index >= 15 is 26.3 Å². The van der Waals surface area contributed by atoms with Crippen LogP contribution in [0.2, 0.25) is 0 Å². The Kier molecular flexibility index (Phi) is 10.5. The van der Waals surface area contributed by atoms with E-state index in [9.17, 15) is 0 Å². The molecular formula is C55H40F6N2. The molecule has 1 aliphatic carbocycles. The zero-order valence-corrected chi connectivity index (χ0v) is 34.3. The van der Waals surface area contributed by atoms with Crippen LogP contribution in [0.15, 0.2) is 206 Å². The van der Waals surface area contributed by atoms with Gasteiger partial charge in [-0.15, -0.1) is 0 Å². The number of allylic oxidation sites excluding steroid dienone is 2. The Hall–Kier alpha value is -7.32. The van der Waals surface area contributed by atoms with Crippen LogP contribution in [0.4, 0.5) is 60.5 Å². The summed E-state index contributed by atoms with van der Waals surface area (Å²) in [4.78, 5) is 4.21. The normalized spacial score (nSPS) is 15.0. The molecule has 0 saturated heterocycles. The number of nitrogens with zero attached hydrogens (tertiary/aromatic N) is 2. The van der Waals surface area contributed by atoms with Gasteiger partial charge in [-0.1, -0.05) is 133 Å². The lowest BCUT2D eigenvalue weighted by Crippen LogP contribution is -2.48.